The molecule has 98 valence electrons. The average molecular weight is 266 g/mol. The second kappa shape index (κ2) is 6.00. The summed E-state index contributed by atoms with van der Waals surface area (Å²) in [5, 5.41) is 6.16. The second-order valence-corrected chi connectivity index (χ2v) is 5.26. The summed E-state index contributed by atoms with van der Waals surface area (Å²) in [6, 6.07) is 7.81. The molecule has 0 fully saturated rings. The Balaban J connectivity index is 1.94. The summed E-state index contributed by atoms with van der Waals surface area (Å²) in [7, 11) is 0. The number of ether oxygens (including phenoxy) is 1. The number of fused-ring (bicyclic) bond motifs is 1. The molecule has 5 heteroatoms. The third-order valence-electron chi connectivity index (χ3n) is 2.73. The van der Waals surface area contributed by atoms with Crippen molar-refractivity contribution in [1.82, 2.24) is 5.32 Å². The summed E-state index contributed by atoms with van der Waals surface area (Å²) in [5.74, 6) is 1.59. The number of nitrogens with one attached hydrogen (secondary N) is 2. The van der Waals surface area contributed by atoms with Crippen LogP contribution in [0.3, 0.4) is 0 Å². The van der Waals surface area contributed by atoms with Crippen LogP contribution in [-0.2, 0) is 4.79 Å². The van der Waals surface area contributed by atoms with E-state index in [1.54, 1.807) is 11.8 Å². The van der Waals surface area contributed by atoms with E-state index in [1.807, 2.05) is 37.4 Å². The van der Waals surface area contributed by atoms with Gasteiger partial charge >= 0.3 is 0 Å². The van der Waals surface area contributed by atoms with Gasteiger partial charge in [-0.3, -0.25) is 4.79 Å². The lowest BCUT2D eigenvalue weighted by Crippen LogP contribution is -2.48. The lowest BCUT2D eigenvalue weighted by molar-refractivity contribution is -0.128. The normalized spacial score (nSPS) is 19.1. The van der Waals surface area contributed by atoms with E-state index >= 15 is 0 Å². The molecule has 2 N–H and O–H groups in total. The van der Waals surface area contributed by atoms with Crippen LogP contribution < -0.4 is 15.4 Å². The highest BCUT2D eigenvalue weighted by atomic mass is 32.2. The van der Waals surface area contributed by atoms with Crippen molar-refractivity contribution in [2.45, 2.75) is 19.1 Å². The maximum atomic E-state index is 12.0. The molecule has 1 aliphatic rings. The van der Waals surface area contributed by atoms with Crippen LogP contribution in [-0.4, -0.2) is 36.6 Å². The summed E-state index contributed by atoms with van der Waals surface area (Å²) in [4.78, 5) is 12.0. The van der Waals surface area contributed by atoms with Crippen LogP contribution in [0.25, 0.3) is 0 Å². The number of thioether (sulfide) groups is 1. The average Bonchev–Trinajstić information content (AvgIpc) is 2.38. The third kappa shape index (κ3) is 3.10. The van der Waals surface area contributed by atoms with Crippen molar-refractivity contribution < 1.29 is 9.53 Å². The highest BCUT2D eigenvalue weighted by Gasteiger charge is 2.26. The van der Waals surface area contributed by atoms with Crippen LogP contribution in [0.2, 0.25) is 0 Å². The van der Waals surface area contributed by atoms with Crippen LogP contribution >= 0.6 is 11.8 Å². The molecule has 0 saturated heterocycles. The van der Waals surface area contributed by atoms with E-state index in [4.69, 9.17) is 4.74 Å². The molecule has 2 unspecified atom stereocenters. The van der Waals surface area contributed by atoms with Crippen molar-refractivity contribution in [3.63, 3.8) is 0 Å². The van der Waals surface area contributed by atoms with E-state index in [2.05, 4.69) is 10.6 Å². The van der Waals surface area contributed by atoms with Crippen LogP contribution in [0.4, 0.5) is 5.69 Å². The second-order valence-electron chi connectivity index (χ2n) is 4.35. The van der Waals surface area contributed by atoms with Gasteiger partial charge < -0.3 is 15.4 Å². The number of hydrogen-bond donors (Lipinski definition) is 2. The molecule has 4 nitrogen and oxygen atoms in total. The molecular formula is C13H18N2O2S. The molecule has 1 aromatic carbocycles. The Morgan fingerprint density at radius 3 is 3.17 bits per heavy atom. The zero-order valence-corrected chi connectivity index (χ0v) is 11.4. The first kappa shape index (κ1) is 13.1. The topological polar surface area (TPSA) is 50.4 Å². The fraction of sp³-hybridized carbons (Fsp3) is 0.462. The Labute approximate surface area is 111 Å². The van der Waals surface area contributed by atoms with E-state index in [0.717, 1.165) is 17.2 Å². The van der Waals surface area contributed by atoms with E-state index < -0.39 is 6.10 Å². The minimum absolute atomic E-state index is 0.0569. The van der Waals surface area contributed by atoms with E-state index in [0.29, 0.717) is 6.54 Å². The van der Waals surface area contributed by atoms with Crippen LogP contribution in [0.15, 0.2) is 24.3 Å². The minimum Gasteiger partial charge on any atom is -0.477 e. The van der Waals surface area contributed by atoms with Gasteiger partial charge in [-0.25, -0.2) is 0 Å². The third-order valence-corrected chi connectivity index (χ3v) is 3.57. The van der Waals surface area contributed by atoms with Crippen molar-refractivity contribution in [3.05, 3.63) is 24.3 Å². The molecular weight excluding hydrogens is 248 g/mol. The maximum absolute atomic E-state index is 12.0. The number of para-hydroxylation sites is 2. The number of anilines is 1. The Bertz CT molecular complexity index is 425. The molecule has 0 radical (unpaired) electrons. The zero-order valence-electron chi connectivity index (χ0n) is 10.6. The SMILES string of the molecule is CSCC(C)NC(=O)C1CNc2ccccc2O1. The van der Waals surface area contributed by atoms with Gasteiger partial charge in [0.15, 0.2) is 6.10 Å². The predicted molar refractivity (Wildman–Crippen MR) is 75.3 cm³/mol. The van der Waals surface area contributed by atoms with E-state index in [1.165, 1.54) is 0 Å². The first-order valence-corrected chi connectivity index (χ1v) is 7.39. The van der Waals surface area contributed by atoms with Gasteiger partial charge in [0.05, 0.1) is 12.2 Å². The lowest BCUT2D eigenvalue weighted by atomic mass is 10.2. The summed E-state index contributed by atoms with van der Waals surface area (Å²) >= 11 is 1.72. The highest BCUT2D eigenvalue weighted by Crippen LogP contribution is 2.28. The molecule has 0 saturated carbocycles. The van der Waals surface area contributed by atoms with Crippen molar-refractivity contribution in [1.29, 1.82) is 0 Å². The monoisotopic (exact) mass is 266 g/mol. The largest absolute Gasteiger partial charge is 0.477 e. The number of hydrogen-bond acceptors (Lipinski definition) is 4. The molecule has 1 aromatic rings. The van der Waals surface area contributed by atoms with Gasteiger partial charge in [0.1, 0.15) is 5.75 Å². The van der Waals surface area contributed by atoms with Gasteiger partial charge in [-0.05, 0) is 25.3 Å². The number of rotatable bonds is 4. The molecule has 0 aromatic heterocycles. The molecule has 2 atom stereocenters. The molecule has 2 rings (SSSR count). The number of carbonyl (C=O) groups excluding carboxylic acids is 1. The minimum atomic E-state index is -0.454. The molecule has 0 bridgehead atoms. The Kier molecular flexibility index (Phi) is 4.36. The van der Waals surface area contributed by atoms with Crippen molar-refractivity contribution in [2.75, 3.05) is 23.9 Å². The molecule has 1 aliphatic heterocycles. The molecule has 0 aliphatic carbocycles. The zero-order chi connectivity index (χ0) is 13.0. The van der Waals surface area contributed by atoms with Crippen LogP contribution in [0.5, 0.6) is 5.75 Å². The number of benzene rings is 1. The fourth-order valence-corrected chi connectivity index (χ4v) is 2.47. The van der Waals surface area contributed by atoms with Gasteiger partial charge in [-0.15, -0.1) is 0 Å². The van der Waals surface area contributed by atoms with Gasteiger partial charge in [-0.1, -0.05) is 12.1 Å². The summed E-state index contributed by atoms with van der Waals surface area (Å²) < 4.78 is 5.69. The van der Waals surface area contributed by atoms with E-state index in [9.17, 15) is 4.79 Å². The number of amides is 1. The van der Waals surface area contributed by atoms with Crippen LogP contribution in [0, 0.1) is 0 Å². The first-order chi connectivity index (χ1) is 8.70. The smallest absolute Gasteiger partial charge is 0.263 e. The summed E-state index contributed by atoms with van der Waals surface area (Å²) in [6.07, 6.45) is 1.57. The molecule has 0 spiro atoms. The van der Waals surface area contributed by atoms with Gasteiger partial charge in [0, 0.05) is 11.8 Å². The molecule has 1 amide bonds. The van der Waals surface area contributed by atoms with Crippen LogP contribution in [0.1, 0.15) is 6.92 Å². The van der Waals surface area contributed by atoms with Crippen molar-refractivity contribution in [3.8, 4) is 5.75 Å². The fourth-order valence-electron chi connectivity index (χ4n) is 1.89. The summed E-state index contributed by atoms with van der Waals surface area (Å²) in [6.45, 7) is 2.51. The molecule has 18 heavy (non-hydrogen) atoms. The Morgan fingerprint density at radius 2 is 2.39 bits per heavy atom. The first-order valence-electron chi connectivity index (χ1n) is 5.99. The Morgan fingerprint density at radius 1 is 1.61 bits per heavy atom. The van der Waals surface area contributed by atoms with Gasteiger partial charge in [-0.2, -0.15) is 11.8 Å². The van der Waals surface area contributed by atoms with Crippen molar-refractivity contribution in [2.24, 2.45) is 0 Å². The lowest BCUT2D eigenvalue weighted by Gasteiger charge is -2.27. The van der Waals surface area contributed by atoms with Gasteiger partial charge in [0.25, 0.3) is 5.91 Å². The highest BCUT2D eigenvalue weighted by molar-refractivity contribution is 7.98. The van der Waals surface area contributed by atoms with E-state index in [-0.39, 0.29) is 11.9 Å². The standard InChI is InChI=1S/C13H18N2O2S/c1-9(8-18-2)15-13(16)12-7-14-10-5-3-4-6-11(10)17-12/h3-6,9,12,14H,7-8H2,1-2H3,(H,15,16). The predicted octanol–water partition coefficient (Wildman–Crippen LogP) is 1.73. The molecule has 1 heterocycles. The maximum Gasteiger partial charge on any atom is 0.263 e. The quantitative estimate of drug-likeness (QED) is 0.871. The number of carbonyl (C=O) groups is 1. The van der Waals surface area contributed by atoms with Gasteiger partial charge in [0.2, 0.25) is 0 Å². The Hall–Kier alpha value is -1.36. The van der Waals surface area contributed by atoms with Crippen molar-refractivity contribution >= 4 is 23.4 Å². The summed E-state index contributed by atoms with van der Waals surface area (Å²) in [5.41, 5.74) is 0.943.